The Morgan fingerprint density at radius 1 is 1.33 bits per heavy atom. The van der Waals surface area contributed by atoms with Crippen molar-refractivity contribution in [2.45, 2.75) is 18.8 Å². The van der Waals surface area contributed by atoms with Crippen LogP contribution in [0.5, 0.6) is 0 Å². The van der Waals surface area contributed by atoms with Crippen LogP contribution in [-0.2, 0) is 10.2 Å². The van der Waals surface area contributed by atoms with Crippen LogP contribution in [0.3, 0.4) is 0 Å². The third kappa shape index (κ3) is 3.23. The number of nitrogens with zero attached hydrogens (tertiary/aromatic N) is 1. The summed E-state index contributed by atoms with van der Waals surface area (Å²) in [5.74, 6) is 0. The third-order valence-electron chi connectivity index (χ3n) is 3.20. The number of hydrogen-bond donors (Lipinski definition) is 1. The molecule has 0 heterocycles. The van der Waals surface area contributed by atoms with E-state index in [0.29, 0.717) is 6.42 Å². The lowest BCUT2D eigenvalue weighted by Crippen LogP contribution is -2.38. The smallest absolute Gasteiger partial charge is 0.409 e. The molecule has 1 rings (SSSR count). The average Bonchev–Trinajstić information content (AvgIpc) is 2.41. The molecule has 0 saturated heterocycles. The Bertz CT molecular complexity index is 372. The SMILES string of the molecule is CC[C@@](CO)(COC(=O)N(C)C)c1ccccc1. The number of rotatable bonds is 5. The highest BCUT2D eigenvalue weighted by molar-refractivity contribution is 5.66. The van der Waals surface area contributed by atoms with Crippen LogP contribution in [-0.4, -0.2) is 43.4 Å². The summed E-state index contributed by atoms with van der Waals surface area (Å²) in [6.07, 6.45) is 0.311. The lowest BCUT2D eigenvalue weighted by Gasteiger charge is -2.31. The number of carbonyl (C=O) groups is 1. The molecular formula is C14H21NO3. The molecule has 4 nitrogen and oxygen atoms in total. The minimum atomic E-state index is -0.521. The number of ether oxygens (including phenoxy) is 1. The second-order valence-electron chi connectivity index (χ2n) is 4.61. The van der Waals surface area contributed by atoms with Crippen molar-refractivity contribution < 1.29 is 14.6 Å². The highest BCUT2D eigenvalue weighted by Gasteiger charge is 2.31. The van der Waals surface area contributed by atoms with Gasteiger partial charge < -0.3 is 14.7 Å². The second-order valence-corrected chi connectivity index (χ2v) is 4.61. The van der Waals surface area contributed by atoms with Crippen molar-refractivity contribution in [1.82, 2.24) is 4.90 Å². The summed E-state index contributed by atoms with van der Waals surface area (Å²) >= 11 is 0. The molecule has 4 heteroatoms. The molecule has 18 heavy (non-hydrogen) atoms. The molecular weight excluding hydrogens is 230 g/mol. The second kappa shape index (κ2) is 6.40. The number of hydrogen-bond acceptors (Lipinski definition) is 3. The summed E-state index contributed by atoms with van der Waals surface area (Å²) < 4.78 is 5.23. The molecule has 0 spiro atoms. The fourth-order valence-corrected chi connectivity index (χ4v) is 1.76. The van der Waals surface area contributed by atoms with Crippen molar-refractivity contribution in [3.63, 3.8) is 0 Å². The predicted octanol–water partition coefficient (Wildman–Crippen LogP) is 2.02. The van der Waals surface area contributed by atoms with Gasteiger partial charge in [0.1, 0.15) is 6.61 Å². The first-order valence-corrected chi connectivity index (χ1v) is 6.06. The third-order valence-corrected chi connectivity index (χ3v) is 3.20. The summed E-state index contributed by atoms with van der Waals surface area (Å²) in [5.41, 5.74) is 0.467. The average molecular weight is 251 g/mol. The van der Waals surface area contributed by atoms with Gasteiger partial charge in [-0.15, -0.1) is 0 Å². The molecule has 0 aliphatic heterocycles. The van der Waals surface area contributed by atoms with E-state index < -0.39 is 11.5 Å². The minimum absolute atomic E-state index is 0.0474. The van der Waals surface area contributed by atoms with Gasteiger partial charge >= 0.3 is 6.09 Å². The highest BCUT2D eigenvalue weighted by Crippen LogP contribution is 2.28. The van der Waals surface area contributed by atoms with E-state index in [1.165, 1.54) is 4.90 Å². The Balaban J connectivity index is 2.85. The van der Waals surface area contributed by atoms with Crippen molar-refractivity contribution in [2.75, 3.05) is 27.3 Å². The molecule has 1 N–H and O–H groups in total. The fourth-order valence-electron chi connectivity index (χ4n) is 1.76. The van der Waals surface area contributed by atoms with E-state index in [1.807, 2.05) is 37.3 Å². The Morgan fingerprint density at radius 2 is 1.94 bits per heavy atom. The van der Waals surface area contributed by atoms with Crippen molar-refractivity contribution in [3.8, 4) is 0 Å². The normalized spacial score (nSPS) is 13.8. The number of amides is 1. The van der Waals surface area contributed by atoms with Gasteiger partial charge in [0.15, 0.2) is 0 Å². The van der Waals surface area contributed by atoms with Crippen LogP contribution in [0.4, 0.5) is 4.79 Å². The maximum atomic E-state index is 11.5. The summed E-state index contributed by atoms with van der Waals surface area (Å²) in [6, 6.07) is 9.66. The van der Waals surface area contributed by atoms with Gasteiger partial charge in [-0.2, -0.15) is 0 Å². The van der Waals surface area contributed by atoms with E-state index >= 15 is 0 Å². The Morgan fingerprint density at radius 3 is 2.39 bits per heavy atom. The maximum Gasteiger partial charge on any atom is 0.409 e. The molecule has 0 fully saturated rings. The first-order chi connectivity index (χ1) is 8.55. The molecule has 0 bridgehead atoms. The molecule has 0 aliphatic rings. The van der Waals surface area contributed by atoms with E-state index in [9.17, 15) is 9.90 Å². The van der Waals surface area contributed by atoms with E-state index in [2.05, 4.69) is 0 Å². The molecule has 0 aliphatic carbocycles. The van der Waals surface area contributed by atoms with Crippen LogP contribution in [0.15, 0.2) is 30.3 Å². The van der Waals surface area contributed by atoms with Gasteiger partial charge in [-0.1, -0.05) is 37.3 Å². The molecule has 0 radical (unpaired) electrons. The van der Waals surface area contributed by atoms with Crippen molar-refractivity contribution >= 4 is 6.09 Å². The summed E-state index contributed by atoms with van der Waals surface area (Å²) in [5, 5.41) is 9.68. The van der Waals surface area contributed by atoms with Gasteiger partial charge in [-0.25, -0.2) is 4.79 Å². The van der Waals surface area contributed by atoms with Crippen LogP contribution in [0.25, 0.3) is 0 Å². The summed E-state index contributed by atoms with van der Waals surface area (Å²) in [6.45, 7) is 2.11. The molecule has 100 valence electrons. The molecule has 1 atom stereocenters. The predicted molar refractivity (Wildman–Crippen MR) is 70.5 cm³/mol. The fraction of sp³-hybridized carbons (Fsp3) is 0.500. The first kappa shape index (κ1) is 14.5. The molecule has 0 unspecified atom stereocenters. The summed E-state index contributed by atoms with van der Waals surface area (Å²) in [7, 11) is 3.27. The van der Waals surface area contributed by atoms with E-state index in [0.717, 1.165) is 5.56 Å². The van der Waals surface area contributed by atoms with Crippen molar-refractivity contribution in [3.05, 3.63) is 35.9 Å². The van der Waals surface area contributed by atoms with E-state index in [-0.39, 0.29) is 13.2 Å². The maximum absolute atomic E-state index is 11.5. The zero-order chi connectivity index (χ0) is 13.6. The number of aliphatic hydroxyl groups excluding tert-OH is 1. The van der Waals surface area contributed by atoms with Gasteiger partial charge in [0.25, 0.3) is 0 Å². The van der Waals surface area contributed by atoms with Crippen molar-refractivity contribution in [2.24, 2.45) is 0 Å². The van der Waals surface area contributed by atoms with Gasteiger partial charge in [-0.05, 0) is 12.0 Å². The zero-order valence-corrected chi connectivity index (χ0v) is 11.2. The monoisotopic (exact) mass is 251 g/mol. The molecule has 0 aromatic heterocycles. The Hall–Kier alpha value is -1.55. The van der Waals surface area contributed by atoms with Gasteiger partial charge in [0.2, 0.25) is 0 Å². The highest BCUT2D eigenvalue weighted by atomic mass is 16.6. The lowest BCUT2D eigenvalue weighted by atomic mass is 9.79. The Labute approximate surface area is 108 Å². The number of benzene rings is 1. The molecule has 1 aromatic carbocycles. The van der Waals surface area contributed by atoms with Gasteiger partial charge in [-0.3, -0.25) is 0 Å². The standard InChI is InChI=1S/C14H21NO3/c1-4-14(10-16,11-18-13(17)15(2)3)12-8-6-5-7-9-12/h5-9,16H,4,10-11H2,1-3H3/t14-/m1/s1. The van der Waals surface area contributed by atoms with Crippen LogP contribution < -0.4 is 0 Å². The first-order valence-electron chi connectivity index (χ1n) is 6.06. The number of aliphatic hydroxyl groups is 1. The topological polar surface area (TPSA) is 49.8 Å². The van der Waals surface area contributed by atoms with E-state index in [4.69, 9.17) is 4.74 Å². The molecule has 1 aromatic rings. The van der Waals surface area contributed by atoms with Crippen LogP contribution >= 0.6 is 0 Å². The largest absolute Gasteiger partial charge is 0.448 e. The van der Waals surface area contributed by atoms with Gasteiger partial charge in [0, 0.05) is 14.1 Å². The van der Waals surface area contributed by atoms with Crippen molar-refractivity contribution in [1.29, 1.82) is 0 Å². The number of carbonyl (C=O) groups excluding carboxylic acids is 1. The van der Waals surface area contributed by atoms with Crippen LogP contribution in [0.2, 0.25) is 0 Å². The summed E-state index contributed by atoms with van der Waals surface area (Å²) in [4.78, 5) is 12.9. The Kier molecular flexibility index (Phi) is 5.16. The quantitative estimate of drug-likeness (QED) is 0.871. The van der Waals surface area contributed by atoms with Gasteiger partial charge in [0.05, 0.1) is 12.0 Å². The zero-order valence-electron chi connectivity index (χ0n) is 11.2. The molecule has 1 amide bonds. The van der Waals surface area contributed by atoms with Crippen LogP contribution in [0.1, 0.15) is 18.9 Å². The van der Waals surface area contributed by atoms with E-state index in [1.54, 1.807) is 14.1 Å². The molecule has 0 saturated carbocycles. The minimum Gasteiger partial charge on any atom is -0.448 e. The van der Waals surface area contributed by atoms with Crippen LogP contribution in [0, 0.1) is 0 Å². The lowest BCUT2D eigenvalue weighted by molar-refractivity contribution is 0.0659.